The van der Waals surface area contributed by atoms with Crippen LogP contribution in [-0.4, -0.2) is 55.2 Å². The number of likely N-dealkylation sites (tertiary alicyclic amines) is 1. The quantitative estimate of drug-likeness (QED) is 0.551. The third-order valence-electron chi connectivity index (χ3n) is 5.46. The van der Waals surface area contributed by atoms with Crippen LogP contribution in [0.15, 0.2) is 50.4 Å². The van der Waals surface area contributed by atoms with Crippen molar-refractivity contribution in [3.05, 3.63) is 47.7 Å². The maximum atomic E-state index is 12.7. The molecule has 0 unspecified atom stereocenters. The molecule has 3 heterocycles. The number of amides is 1. The van der Waals surface area contributed by atoms with Crippen molar-refractivity contribution in [3.63, 3.8) is 0 Å². The third kappa shape index (κ3) is 4.43. The van der Waals surface area contributed by atoms with Gasteiger partial charge in [0.25, 0.3) is 10.0 Å². The molecule has 1 aliphatic rings. The number of hydrogen-bond donors (Lipinski definition) is 0. The Morgan fingerprint density at radius 3 is 2.90 bits per heavy atom. The smallest absolute Gasteiger partial charge is 0.252 e. The van der Waals surface area contributed by atoms with Gasteiger partial charge in [-0.05, 0) is 42.8 Å². The lowest BCUT2D eigenvalue weighted by Crippen LogP contribution is -2.39. The van der Waals surface area contributed by atoms with Gasteiger partial charge in [-0.25, -0.2) is 17.7 Å². The van der Waals surface area contributed by atoms with Crippen molar-refractivity contribution < 1.29 is 17.6 Å². The SMILES string of the molecule is CN(CCCC(=O)N1CCC[C@@H](c2nc3ccccc3o2)C1)S(=O)(=O)c1cccs1. The van der Waals surface area contributed by atoms with E-state index in [2.05, 4.69) is 4.98 Å². The maximum absolute atomic E-state index is 12.7. The molecule has 0 N–H and O–H groups in total. The van der Waals surface area contributed by atoms with Crippen molar-refractivity contribution in [3.8, 4) is 0 Å². The van der Waals surface area contributed by atoms with Gasteiger partial charge in [-0.3, -0.25) is 4.79 Å². The molecule has 0 radical (unpaired) electrons. The number of oxazole rings is 1. The van der Waals surface area contributed by atoms with E-state index in [0.717, 1.165) is 30.5 Å². The highest BCUT2D eigenvalue weighted by molar-refractivity contribution is 7.91. The van der Waals surface area contributed by atoms with Gasteiger partial charge in [0.1, 0.15) is 9.73 Å². The molecular formula is C21H25N3O4S2. The Bertz CT molecular complexity index is 1080. The van der Waals surface area contributed by atoms with Crippen LogP contribution in [0.3, 0.4) is 0 Å². The van der Waals surface area contributed by atoms with Crippen molar-refractivity contribution in [2.45, 2.75) is 35.8 Å². The van der Waals surface area contributed by atoms with Crippen LogP contribution in [0.25, 0.3) is 11.1 Å². The molecule has 0 aliphatic carbocycles. The fourth-order valence-corrected chi connectivity index (χ4v) is 6.18. The number of benzene rings is 1. The minimum absolute atomic E-state index is 0.0535. The first kappa shape index (κ1) is 21.0. The highest BCUT2D eigenvalue weighted by Crippen LogP contribution is 2.29. The molecule has 30 heavy (non-hydrogen) atoms. The lowest BCUT2D eigenvalue weighted by atomic mass is 9.97. The molecule has 1 atom stereocenters. The first-order chi connectivity index (χ1) is 14.4. The summed E-state index contributed by atoms with van der Waals surface area (Å²) in [7, 11) is -1.91. The molecular weight excluding hydrogens is 422 g/mol. The Labute approximate surface area is 180 Å². The molecule has 3 aromatic rings. The van der Waals surface area contributed by atoms with Gasteiger partial charge < -0.3 is 9.32 Å². The third-order valence-corrected chi connectivity index (χ3v) is 8.69. The molecule has 160 valence electrons. The Balaban J connectivity index is 1.31. The van der Waals surface area contributed by atoms with Crippen molar-refractivity contribution in [2.75, 3.05) is 26.7 Å². The van der Waals surface area contributed by atoms with Crippen LogP contribution in [0.5, 0.6) is 0 Å². The molecule has 4 rings (SSSR count). The lowest BCUT2D eigenvalue weighted by molar-refractivity contribution is -0.132. The minimum Gasteiger partial charge on any atom is -0.440 e. The molecule has 9 heteroatoms. The summed E-state index contributed by atoms with van der Waals surface area (Å²) in [4.78, 5) is 19.2. The van der Waals surface area contributed by atoms with Crippen LogP contribution in [0.2, 0.25) is 0 Å². The van der Waals surface area contributed by atoms with Crippen LogP contribution in [-0.2, 0) is 14.8 Å². The standard InChI is InChI=1S/C21H25N3O4S2/c1-23(30(26,27)20-11-6-14-29-20)12-5-10-19(25)24-13-4-7-16(15-24)21-22-17-8-2-3-9-18(17)28-21/h2-3,6,8-9,11,14,16H,4-5,7,10,12-13,15H2,1H3/t16-/m1/s1. The molecule has 1 fully saturated rings. The summed E-state index contributed by atoms with van der Waals surface area (Å²) in [6, 6.07) is 11.0. The molecule has 0 saturated carbocycles. The van der Waals surface area contributed by atoms with Crippen molar-refractivity contribution in [1.29, 1.82) is 0 Å². The van der Waals surface area contributed by atoms with Gasteiger partial charge in [0.2, 0.25) is 5.91 Å². The van der Waals surface area contributed by atoms with Crippen LogP contribution < -0.4 is 0 Å². The number of carbonyl (C=O) groups is 1. The number of thiophene rings is 1. The number of sulfonamides is 1. The van der Waals surface area contributed by atoms with E-state index in [1.54, 1.807) is 24.6 Å². The van der Waals surface area contributed by atoms with Gasteiger partial charge in [0.05, 0.1) is 5.92 Å². The molecule has 0 bridgehead atoms. The van der Waals surface area contributed by atoms with E-state index in [1.807, 2.05) is 29.2 Å². The number of carbonyl (C=O) groups excluding carboxylic acids is 1. The van der Waals surface area contributed by atoms with E-state index in [4.69, 9.17) is 4.42 Å². The monoisotopic (exact) mass is 447 g/mol. The highest BCUT2D eigenvalue weighted by Gasteiger charge is 2.28. The molecule has 2 aromatic heterocycles. The predicted octanol–water partition coefficient (Wildman–Crippen LogP) is 3.70. The average molecular weight is 448 g/mol. The number of rotatable bonds is 7. The second-order valence-electron chi connectivity index (χ2n) is 7.56. The molecule has 1 aliphatic heterocycles. The van der Waals surface area contributed by atoms with E-state index in [-0.39, 0.29) is 11.8 Å². The molecule has 0 spiro atoms. The summed E-state index contributed by atoms with van der Waals surface area (Å²) in [6.07, 6.45) is 2.66. The second-order valence-corrected chi connectivity index (χ2v) is 10.8. The molecule has 1 amide bonds. The second kappa shape index (κ2) is 8.87. The topological polar surface area (TPSA) is 83.7 Å². The minimum atomic E-state index is -3.47. The van der Waals surface area contributed by atoms with E-state index in [0.29, 0.717) is 36.0 Å². The van der Waals surface area contributed by atoms with Gasteiger partial charge in [-0.2, -0.15) is 0 Å². The summed E-state index contributed by atoms with van der Waals surface area (Å²) >= 11 is 1.20. The van der Waals surface area contributed by atoms with E-state index in [9.17, 15) is 13.2 Å². The number of aromatic nitrogens is 1. The first-order valence-corrected chi connectivity index (χ1v) is 12.4. The van der Waals surface area contributed by atoms with Crippen LogP contribution in [0.4, 0.5) is 0 Å². The van der Waals surface area contributed by atoms with E-state index >= 15 is 0 Å². The average Bonchev–Trinajstić information content (AvgIpc) is 3.44. The number of para-hydroxylation sites is 2. The summed E-state index contributed by atoms with van der Waals surface area (Å²) in [5.74, 6) is 0.838. The van der Waals surface area contributed by atoms with E-state index in [1.165, 1.54) is 15.6 Å². The Morgan fingerprint density at radius 1 is 1.30 bits per heavy atom. The summed E-state index contributed by atoms with van der Waals surface area (Å²) in [6.45, 7) is 1.63. The van der Waals surface area contributed by atoms with Gasteiger partial charge >= 0.3 is 0 Å². The van der Waals surface area contributed by atoms with Gasteiger partial charge in [0, 0.05) is 33.1 Å². The first-order valence-electron chi connectivity index (χ1n) is 10.1. The van der Waals surface area contributed by atoms with Crippen molar-refractivity contribution in [1.82, 2.24) is 14.2 Å². The zero-order valence-electron chi connectivity index (χ0n) is 16.9. The largest absolute Gasteiger partial charge is 0.440 e. The predicted molar refractivity (Wildman–Crippen MR) is 116 cm³/mol. The van der Waals surface area contributed by atoms with Crippen LogP contribution >= 0.6 is 11.3 Å². The van der Waals surface area contributed by atoms with Crippen LogP contribution in [0.1, 0.15) is 37.5 Å². The lowest BCUT2D eigenvalue weighted by Gasteiger charge is -2.31. The number of hydrogen-bond acceptors (Lipinski definition) is 6. The molecule has 7 nitrogen and oxygen atoms in total. The van der Waals surface area contributed by atoms with Crippen molar-refractivity contribution in [2.24, 2.45) is 0 Å². The normalized spacial score (nSPS) is 17.7. The molecule has 1 saturated heterocycles. The highest BCUT2D eigenvalue weighted by atomic mass is 32.2. The zero-order valence-corrected chi connectivity index (χ0v) is 18.5. The van der Waals surface area contributed by atoms with Gasteiger partial charge in [-0.15, -0.1) is 11.3 Å². The Hall–Kier alpha value is -2.23. The van der Waals surface area contributed by atoms with Gasteiger partial charge in [0.15, 0.2) is 11.5 Å². The zero-order chi connectivity index (χ0) is 21.1. The van der Waals surface area contributed by atoms with E-state index < -0.39 is 10.0 Å². The Morgan fingerprint density at radius 2 is 2.13 bits per heavy atom. The summed E-state index contributed by atoms with van der Waals surface area (Å²) in [5, 5.41) is 1.74. The fraction of sp³-hybridized carbons (Fsp3) is 0.429. The summed E-state index contributed by atoms with van der Waals surface area (Å²) < 4.78 is 32.5. The maximum Gasteiger partial charge on any atom is 0.252 e. The van der Waals surface area contributed by atoms with Gasteiger partial charge in [-0.1, -0.05) is 18.2 Å². The van der Waals surface area contributed by atoms with Crippen molar-refractivity contribution >= 4 is 38.4 Å². The molecule has 1 aromatic carbocycles. The number of fused-ring (bicyclic) bond motifs is 1. The van der Waals surface area contributed by atoms with Crippen LogP contribution in [0, 0.1) is 0 Å². The summed E-state index contributed by atoms with van der Waals surface area (Å²) in [5.41, 5.74) is 1.61. The number of nitrogens with zero attached hydrogens (tertiary/aromatic N) is 3. The Kier molecular flexibility index (Phi) is 6.21. The number of piperidine rings is 1. The fourth-order valence-electron chi connectivity index (χ4n) is 3.76.